The maximum atomic E-state index is 11.8. The van der Waals surface area contributed by atoms with Crippen LogP contribution in [0.1, 0.15) is 11.1 Å². The predicted molar refractivity (Wildman–Crippen MR) is 128 cm³/mol. The lowest BCUT2D eigenvalue weighted by molar-refractivity contribution is -0.127. The zero-order chi connectivity index (χ0) is 19.5. The molecular weight excluding hydrogens is 487 g/mol. The van der Waals surface area contributed by atoms with E-state index in [2.05, 4.69) is 27.8 Å². The predicted octanol–water partition coefficient (Wildman–Crippen LogP) is 3.37. The first-order valence-corrected chi connectivity index (χ1v) is 9.43. The Bertz CT molecular complexity index is 736. The first kappa shape index (κ1) is 24.2. The van der Waals surface area contributed by atoms with Crippen LogP contribution in [0.5, 0.6) is 0 Å². The van der Waals surface area contributed by atoms with Crippen LogP contribution in [0.15, 0.2) is 59.6 Å². The van der Waals surface area contributed by atoms with E-state index < -0.39 is 0 Å². The van der Waals surface area contributed by atoms with Crippen LogP contribution in [-0.4, -0.2) is 50.5 Å². The van der Waals surface area contributed by atoms with Crippen LogP contribution >= 0.6 is 35.6 Å². The molecule has 0 aliphatic carbocycles. The van der Waals surface area contributed by atoms with E-state index in [9.17, 15) is 4.79 Å². The minimum atomic E-state index is -0.0307. The molecule has 0 heterocycles. The fraction of sp³-hybridized carbons (Fsp3) is 0.333. The highest BCUT2D eigenvalue weighted by Gasteiger charge is 2.05. The smallest absolute Gasteiger partial charge is 0.243 e. The second kappa shape index (κ2) is 13.4. The number of likely N-dealkylation sites (N-methyl/N-ethyl adjacent to an activating group) is 1. The minimum Gasteiger partial charge on any atom is -0.356 e. The summed E-state index contributed by atoms with van der Waals surface area (Å²) >= 11 is 5.92. The van der Waals surface area contributed by atoms with E-state index in [1.807, 2.05) is 42.5 Å². The molecule has 2 aromatic carbocycles. The van der Waals surface area contributed by atoms with Crippen LogP contribution in [0.4, 0.5) is 0 Å². The van der Waals surface area contributed by atoms with Gasteiger partial charge in [0.25, 0.3) is 0 Å². The van der Waals surface area contributed by atoms with Gasteiger partial charge in [0.05, 0.1) is 0 Å². The normalized spacial score (nSPS) is 10.8. The minimum absolute atomic E-state index is 0. The topological polar surface area (TPSA) is 56.7 Å². The first-order chi connectivity index (χ1) is 13.0. The summed E-state index contributed by atoms with van der Waals surface area (Å²) in [5.41, 5.74) is 2.45. The molecule has 0 saturated carbocycles. The Morgan fingerprint density at radius 2 is 1.46 bits per heavy atom. The van der Waals surface area contributed by atoms with Gasteiger partial charge in [0.15, 0.2) is 5.96 Å². The van der Waals surface area contributed by atoms with Crippen molar-refractivity contribution < 1.29 is 4.79 Å². The molecule has 0 aromatic heterocycles. The van der Waals surface area contributed by atoms with Gasteiger partial charge in [-0.3, -0.25) is 4.79 Å². The number of aliphatic imine (C=N–C) groups is 1. The van der Waals surface area contributed by atoms with Crippen molar-refractivity contribution in [2.75, 3.05) is 33.7 Å². The molecule has 2 N–H and O–H groups in total. The second-order valence-corrected chi connectivity index (χ2v) is 6.86. The molecular formula is C21H28ClIN4O. The molecule has 152 valence electrons. The Kier molecular flexibility index (Phi) is 11.6. The number of rotatable bonds is 8. The largest absolute Gasteiger partial charge is 0.356 e. The van der Waals surface area contributed by atoms with Crippen molar-refractivity contribution in [2.45, 2.75) is 12.8 Å². The maximum absolute atomic E-state index is 11.8. The van der Waals surface area contributed by atoms with Gasteiger partial charge in [-0.1, -0.05) is 54.1 Å². The lowest BCUT2D eigenvalue weighted by atomic mass is 10.1. The molecule has 0 bridgehead atoms. The van der Waals surface area contributed by atoms with Crippen LogP contribution in [0, 0.1) is 0 Å². The summed E-state index contributed by atoms with van der Waals surface area (Å²) in [6, 6.07) is 18.1. The molecule has 0 radical (unpaired) electrons. The number of halogens is 2. The zero-order valence-electron chi connectivity index (χ0n) is 16.3. The number of benzene rings is 2. The summed E-state index contributed by atoms with van der Waals surface area (Å²) < 4.78 is 0. The van der Waals surface area contributed by atoms with Gasteiger partial charge < -0.3 is 15.5 Å². The van der Waals surface area contributed by atoms with Gasteiger partial charge in [0, 0.05) is 32.2 Å². The fourth-order valence-corrected chi connectivity index (χ4v) is 2.53. The van der Waals surface area contributed by atoms with Crippen molar-refractivity contribution in [1.82, 2.24) is 15.5 Å². The number of hydrogen-bond acceptors (Lipinski definition) is 2. The van der Waals surface area contributed by atoms with Crippen molar-refractivity contribution in [3.05, 3.63) is 70.7 Å². The van der Waals surface area contributed by atoms with Gasteiger partial charge >= 0.3 is 0 Å². The third-order valence-electron chi connectivity index (χ3n) is 4.04. The van der Waals surface area contributed by atoms with Crippen LogP contribution < -0.4 is 10.6 Å². The summed E-state index contributed by atoms with van der Waals surface area (Å²) in [5.74, 6) is 0.618. The lowest BCUT2D eigenvalue weighted by Crippen LogP contribution is -2.40. The number of nitrogens with one attached hydrogen (secondary N) is 2. The number of carbonyl (C=O) groups excluding carboxylic acids is 1. The zero-order valence-corrected chi connectivity index (χ0v) is 19.4. The van der Waals surface area contributed by atoms with Gasteiger partial charge in [-0.2, -0.15) is 0 Å². The molecule has 0 fully saturated rings. The second-order valence-electron chi connectivity index (χ2n) is 6.42. The van der Waals surface area contributed by atoms with Crippen molar-refractivity contribution in [2.24, 2.45) is 4.99 Å². The Morgan fingerprint density at radius 3 is 2.00 bits per heavy atom. The Morgan fingerprint density at radius 1 is 0.929 bits per heavy atom. The van der Waals surface area contributed by atoms with Crippen molar-refractivity contribution in [3.8, 4) is 0 Å². The summed E-state index contributed by atoms with van der Waals surface area (Å²) in [7, 11) is 3.46. The molecule has 0 unspecified atom stereocenters. The van der Waals surface area contributed by atoms with E-state index in [1.165, 1.54) is 11.1 Å². The van der Waals surface area contributed by atoms with E-state index >= 15 is 0 Å². The highest BCUT2D eigenvalue weighted by molar-refractivity contribution is 14.0. The highest BCUT2D eigenvalue weighted by Crippen LogP contribution is 2.09. The lowest BCUT2D eigenvalue weighted by Gasteiger charge is -2.14. The third-order valence-corrected chi connectivity index (χ3v) is 4.29. The maximum Gasteiger partial charge on any atom is 0.243 e. The van der Waals surface area contributed by atoms with E-state index in [0.717, 1.165) is 31.0 Å². The quantitative estimate of drug-likeness (QED) is 0.323. The third kappa shape index (κ3) is 9.41. The molecule has 0 saturated heterocycles. The summed E-state index contributed by atoms with van der Waals surface area (Å²) in [6.07, 6.45) is 1.73. The molecule has 0 aliphatic rings. The molecule has 1 amide bonds. The standard InChI is InChI=1S/C21H27ClN4O.HI/c1-26(2)20(27)16-25-21(23-14-12-17-6-4-3-5-7-17)24-15-13-18-8-10-19(22)11-9-18;/h3-11H,12-16H2,1-2H3,(H2,23,24,25);1H. The molecule has 5 nitrogen and oxygen atoms in total. The van der Waals surface area contributed by atoms with Crippen molar-refractivity contribution >= 4 is 47.4 Å². The Labute approximate surface area is 189 Å². The summed E-state index contributed by atoms with van der Waals surface area (Å²) in [5, 5.41) is 7.34. The Hall–Kier alpha value is -1.80. The number of nitrogens with zero attached hydrogens (tertiary/aromatic N) is 2. The molecule has 2 rings (SSSR count). The van der Waals surface area contributed by atoms with Crippen LogP contribution in [0.3, 0.4) is 0 Å². The molecule has 28 heavy (non-hydrogen) atoms. The average Bonchev–Trinajstić information content (AvgIpc) is 2.67. The van der Waals surface area contributed by atoms with Gasteiger partial charge in [-0.25, -0.2) is 4.99 Å². The van der Waals surface area contributed by atoms with Gasteiger partial charge in [-0.15, -0.1) is 24.0 Å². The number of carbonyl (C=O) groups is 1. The summed E-state index contributed by atoms with van der Waals surface area (Å²) in [4.78, 5) is 17.8. The van der Waals surface area contributed by atoms with Crippen molar-refractivity contribution in [1.29, 1.82) is 0 Å². The summed E-state index contributed by atoms with van der Waals surface area (Å²) in [6.45, 7) is 1.58. The Balaban J connectivity index is 0.00000392. The average molecular weight is 515 g/mol. The van der Waals surface area contributed by atoms with E-state index in [4.69, 9.17) is 11.6 Å². The van der Waals surface area contributed by atoms with E-state index in [0.29, 0.717) is 5.96 Å². The molecule has 0 atom stereocenters. The number of guanidine groups is 1. The molecule has 0 aliphatic heterocycles. The monoisotopic (exact) mass is 514 g/mol. The number of hydrogen-bond donors (Lipinski definition) is 2. The van der Waals surface area contributed by atoms with E-state index in [-0.39, 0.29) is 36.4 Å². The first-order valence-electron chi connectivity index (χ1n) is 9.05. The number of amides is 1. The molecule has 0 spiro atoms. The SMILES string of the molecule is CN(C)C(=O)CN=C(NCCc1ccccc1)NCCc1ccc(Cl)cc1.I. The van der Waals surface area contributed by atoms with Crippen LogP contribution in [0.25, 0.3) is 0 Å². The molecule has 2 aromatic rings. The van der Waals surface area contributed by atoms with Gasteiger partial charge in [0.2, 0.25) is 5.91 Å². The van der Waals surface area contributed by atoms with Crippen LogP contribution in [-0.2, 0) is 17.6 Å². The fourth-order valence-electron chi connectivity index (χ4n) is 2.41. The van der Waals surface area contributed by atoms with Crippen LogP contribution in [0.2, 0.25) is 5.02 Å². The molecule has 7 heteroatoms. The van der Waals surface area contributed by atoms with Gasteiger partial charge in [0.1, 0.15) is 6.54 Å². The van der Waals surface area contributed by atoms with Gasteiger partial charge in [-0.05, 0) is 36.1 Å². The highest BCUT2D eigenvalue weighted by atomic mass is 127. The van der Waals surface area contributed by atoms with E-state index in [1.54, 1.807) is 19.0 Å². The van der Waals surface area contributed by atoms with Crippen molar-refractivity contribution in [3.63, 3.8) is 0 Å².